The molecule has 1 fully saturated rings. The molecule has 6 nitrogen and oxygen atoms in total. The molecular formula is C20H25N3O3. The molecule has 0 saturated carbocycles. The number of aliphatic hydroxyl groups excluding tert-OH is 1. The number of carbonyl (C=O) groups excluding carboxylic acids is 2. The lowest BCUT2D eigenvalue weighted by molar-refractivity contribution is -0.144. The summed E-state index contributed by atoms with van der Waals surface area (Å²) >= 11 is 0. The van der Waals surface area contributed by atoms with Gasteiger partial charge in [-0.25, -0.2) is 0 Å². The third-order valence-corrected chi connectivity index (χ3v) is 5.00. The third-order valence-electron chi connectivity index (χ3n) is 5.00. The molecule has 2 aromatic rings. The van der Waals surface area contributed by atoms with Crippen LogP contribution in [0.2, 0.25) is 0 Å². The predicted octanol–water partition coefficient (Wildman–Crippen LogP) is 1.92. The van der Waals surface area contributed by atoms with Crippen molar-refractivity contribution in [2.24, 2.45) is 5.92 Å². The van der Waals surface area contributed by atoms with Gasteiger partial charge in [-0.05, 0) is 30.4 Å². The molecule has 1 aromatic heterocycles. The molecule has 6 heteroatoms. The minimum Gasteiger partial charge on any atom is -0.383 e. The van der Waals surface area contributed by atoms with E-state index in [1.165, 1.54) is 0 Å². The highest BCUT2D eigenvalue weighted by molar-refractivity contribution is 6.06. The first-order valence-corrected chi connectivity index (χ1v) is 9.00. The number of benzene rings is 1. The van der Waals surface area contributed by atoms with Crippen LogP contribution in [-0.2, 0) is 4.79 Å². The largest absolute Gasteiger partial charge is 0.383 e. The second-order valence-electron chi connectivity index (χ2n) is 7.22. The van der Waals surface area contributed by atoms with Crippen molar-refractivity contribution in [3.63, 3.8) is 0 Å². The Morgan fingerprint density at radius 3 is 2.69 bits per heavy atom. The molecule has 0 radical (unpaired) electrons. The van der Waals surface area contributed by atoms with Crippen molar-refractivity contribution in [2.45, 2.75) is 32.9 Å². The number of pyridine rings is 1. The van der Waals surface area contributed by atoms with Gasteiger partial charge in [-0.3, -0.25) is 14.6 Å². The average Bonchev–Trinajstić information content (AvgIpc) is 2.65. The number of fused-ring (bicyclic) bond motifs is 1. The van der Waals surface area contributed by atoms with E-state index >= 15 is 0 Å². The van der Waals surface area contributed by atoms with E-state index in [-0.39, 0.29) is 23.8 Å². The minimum atomic E-state index is -0.992. The van der Waals surface area contributed by atoms with E-state index in [0.29, 0.717) is 25.2 Å². The van der Waals surface area contributed by atoms with E-state index in [1.807, 2.05) is 45.0 Å². The third kappa shape index (κ3) is 3.42. The molecule has 2 atom stereocenters. The quantitative estimate of drug-likeness (QED) is 0.913. The fourth-order valence-electron chi connectivity index (χ4n) is 3.39. The first-order chi connectivity index (χ1) is 12.4. The van der Waals surface area contributed by atoms with Gasteiger partial charge in [-0.15, -0.1) is 0 Å². The summed E-state index contributed by atoms with van der Waals surface area (Å²) in [5.74, 6) is -0.429. The Morgan fingerprint density at radius 1 is 1.23 bits per heavy atom. The average molecular weight is 355 g/mol. The summed E-state index contributed by atoms with van der Waals surface area (Å²) in [5.41, 5.74) is 0.629. The Balaban J connectivity index is 1.77. The Kier molecular flexibility index (Phi) is 5.23. The number of aromatic nitrogens is 1. The molecule has 3 rings (SSSR count). The maximum absolute atomic E-state index is 13.1. The molecule has 1 aromatic carbocycles. The number of piperazine rings is 1. The summed E-state index contributed by atoms with van der Waals surface area (Å²) in [6, 6.07) is 7.42. The summed E-state index contributed by atoms with van der Waals surface area (Å²) in [6.07, 6.45) is 2.43. The molecule has 1 aliphatic rings. The summed E-state index contributed by atoms with van der Waals surface area (Å²) in [6.45, 7) is 6.88. The first-order valence-electron chi connectivity index (χ1n) is 9.00. The fraction of sp³-hybridized carbons (Fsp3) is 0.450. The molecule has 1 saturated heterocycles. The Bertz CT molecular complexity index is 816. The SMILES string of the molecule is CC(C)[C@@H](O)C(=O)N1CCN(C(=O)c2cccc3ccncc23)C(C)C1. The van der Waals surface area contributed by atoms with Gasteiger partial charge >= 0.3 is 0 Å². The summed E-state index contributed by atoms with van der Waals surface area (Å²) < 4.78 is 0. The van der Waals surface area contributed by atoms with Crippen LogP contribution in [0.1, 0.15) is 31.1 Å². The van der Waals surface area contributed by atoms with Gasteiger partial charge < -0.3 is 14.9 Å². The molecule has 0 aliphatic carbocycles. The monoisotopic (exact) mass is 355 g/mol. The summed E-state index contributed by atoms with van der Waals surface area (Å²) in [5, 5.41) is 11.8. The second kappa shape index (κ2) is 7.41. The van der Waals surface area contributed by atoms with Crippen LogP contribution in [0.15, 0.2) is 36.7 Å². The van der Waals surface area contributed by atoms with Crippen LogP contribution < -0.4 is 0 Å². The van der Waals surface area contributed by atoms with E-state index in [0.717, 1.165) is 10.8 Å². The number of aliphatic hydroxyl groups is 1. The standard InChI is InChI=1S/C20H25N3O3/c1-13(2)18(24)20(26)22-9-10-23(14(3)12-22)19(25)16-6-4-5-15-7-8-21-11-17(15)16/h4-8,11,13-14,18,24H,9-10,12H2,1-3H3/t14?,18-/m1/s1. The highest BCUT2D eigenvalue weighted by atomic mass is 16.3. The molecule has 1 unspecified atom stereocenters. The number of amides is 2. The van der Waals surface area contributed by atoms with Crippen LogP contribution in [0.4, 0.5) is 0 Å². The van der Waals surface area contributed by atoms with Crippen molar-refractivity contribution in [1.29, 1.82) is 0 Å². The normalized spacial score (nSPS) is 19.0. The molecule has 1 N–H and O–H groups in total. The lowest BCUT2D eigenvalue weighted by Gasteiger charge is -2.41. The van der Waals surface area contributed by atoms with E-state index in [2.05, 4.69) is 4.98 Å². The fourth-order valence-corrected chi connectivity index (χ4v) is 3.39. The zero-order valence-corrected chi connectivity index (χ0v) is 15.4. The van der Waals surface area contributed by atoms with Crippen molar-refractivity contribution in [3.05, 3.63) is 42.2 Å². The van der Waals surface area contributed by atoms with Crippen molar-refractivity contribution < 1.29 is 14.7 Å². The van der Waals surface area contributed by atoms with Crippen molar-refractivity contribution >= 4 is 22.6 Å². The number of hydrogen-bond acceptors (Lipinski definition) is 4. The maximum Gasteiger partial charge on any atom is 0.254 e. The Morgan fingerprint density at radius 2 is 2.00 bits per heavy atom. The van der Waals surface area contributed by atoms with Gasteiger partial charge in [0.05, 0.1) is 0 Å². The predicted molar refractivity (Wildman–Crippen MR) is 99.7 cm³/mol. The number of hydrogen-bond donors (Lipinski definition) is 1. The molecule has 2 heterocycles. The highest BCUT2D eigenvalue weighted by Gasteiger charge is 2.33. The molecule has 2 amide bonds. The second-order valence-corrected chi connectivity index (χ2v) is 7.22. The maximum atomic E-state index is 13.1. The first kappa shape index (κ1) is 18.3. The Hall–Kier alpha value is -2.47. The lowest BCUT2D eigenvalue weighted by atomic mass is 10.0. The summed E-state index contributed by atoms with van der Waals surface area (Å²) in [7, 11) is 0. The molecule has 138 valence electrons. The van der Waals surface area contributed by atoms with Crippen molar-refractivity contribution in [1.82, 2.24) is 14.8 Å². The highest BCUT2D eigenvalue weighted by Crippen LogP contribution is 2.22. The topological polar surface area (TPSA) is 73.7 Å². The molecule has 1 aliphatic heterocycles. The molecular weight excluding hydrogens is 330 g/mol. The smallest absolute Gasteiger partial charge is 0.254 e. The van der Waals surface area contributed by atoms with Crippen molar-refractivity contribution in [3.8, 4) is 0 Å². The van der Waals surface area contributed by atoms with Gasteiger partial charge in [0.2, 0.25) is 0 Å². The van der Waals surface area contributed by atoms with Crippen LogP contribution in [0.3, 0.4) is 0 Å². The van der Waals surface area contributed by atoms with Crippen LogP contribution in [0, 0.1) is 5.92 Å². The van der Waals surface area contributed by atoms with E-state index < -0.39 is 6.10 Å². The van der Waals surface area contributed by atoms with E-state index in [9.17, 15) is 14.7 Å². The zero-order chi connectivity index (χ0) is 18.8. The van der Waals surface area contributed by atoms with Gasteiger partial charge in [0.15, 0.2) is 0 Å². The Labute approximate surface area is 153 Å². The van der Waals surface area contributed by atoms with E-state index in [4.69, 9.17) is 0 Å². The minimum absolute atomic E-state index is 0.0485. The van der Waals surface area contributed by atoms with Gasteiger partial charge in [0.1, 0.15) is 6.10 Å². The van der Waals surface area contributed by atoms with E-state index in [1.54, 1.807) is 22.2 Å². The van der Waals surface area contributed by atoms with Crippen LogP contribution >= 0.6 is 0 Å². The molecule has 0 spiro atoms. The summed E-state index contributed by atoms with van der Waals surface area (Å²) in [4.78, 5) is 33.1. The van der Waals surface area contributed by atoms with Gasteiger partial charge in [0, 0.05) is 49.0 Å². The van der Waals surface area contributed by atoms with Crippen molar-refractivity contribution in [2.75, 3.05) is 19.6 Å². The lowest BCUT2D eigenvalue weighted by Crippen LogP contribution is -2.57. The molecule has 0 bridgehead atoms. The zero-order valence-electron chi connectivity index (χ0n) is 15.4. The molecule has 26 heavy (non-hydrogen) atoms. The number of carbonyl (C=O) groups is 2. The van der Waals surface area contributed by atoms with Gasteiger partial charge in [-0.2, -0.15) is 0 Å². The van der Waals surface area contributed by atoms with Crippen LogP contribution in [0.25, 0.3) is 10.8 Å². The number of nitrogens with zero attached hydrogens (tertiary/aromatic N) is 3. The number of rotatable bonds is 3. The van der Waals surface area contributed by atoms with Crippen LogP contribution in [-0.4, -0.2) is 63.5 Å². The van der Waals surface area contributed by atoms with Gasteiger partial charge in [-0.1, -0.05) is 26.0 Å². The van der Waals surface area contributed by atoms with Gasteiger partial charge in [0.25, 0.3) is 11.8 Å². The van der Waals surface area contributed by atoms with Crippen LogP contribution in [0.5, 0.6) is 0 Å².